The lowest BCUT2D eigenvalue weighted by molar-refractivity contribution is 0.0585. The third-order valence-corrected chi connectivity index (χ3v) is 8.72. The molecule has 0 bridgehead atoms. The lowest BCUT2D eigenvalue weighted by Gasteiger charge is -2.49. The predicted molar refractivity (Wildman–Crippen MR) is 119 cm³/mol. The average Bonchev–Trinajstić information content (AvgIpc) is 2.95. The molecule has 0 aromatic heterocycles. The Bertz CT molecular complexity index is 859. The summed E-state index contributed by atoms with van der Waals surface area (Å²) in [4.78, 5) is 17.2. The van der Waals surface area contributed by atoms with Crippen LogP contribution in [0, 0.1) is 5.92 Å². The maximum absolute atomic E-state index is 13.3. The van der Waals surface area contributed by atoms with Crippen LogP contribution >= 0.6 is 0 Å². The highest BCUT2D eigenvalue weighted by Crippen LogP contribution is 2.47. The van der Waals surface area contributed by atoms with Crippen molar-refractivity contribution < 1.29 is 13.2 Å². The maximum Gasteiger partial charge on any atom is 0.320 e. The number of carbonyl (C=O) groups is 1. The first kappa shape index (κ1) is 21.6. The average molecular weight is 434 g/mol. The van der Waals surface area contributed by atoms with Crippen molar-refractivity contribution in [3.8, 4) is 0 Å². The van der Waals surface area contributed by atoms with Crippen molar-refractivity contribution in [2.75, 3.05) is 38.7 Å². The molecule has 7 heteroatoms. The highest BCUT2D eigenvalue weighted by atomic mass is 32.2. The van der Waals surface area contributed by atoms with Crippen molar-refractivity contribution in [1.82, 2.24) is 15.1 Å². The Labute approximate surface area is 180 Å². The zero-order chi connectivity index (χ0) is 21.4. The molecule has 1 aliphatic heterocycles. The van der Waals surface area contributed by atoms with Gasteiger partial charge in [0.15, 0.2) is 0 Å². The molecule has 30 heavy (non-hydrogen) atoms. The summed E-state index contributed by atoms with van der Waals surface area (Å²) in [5.74, 6) is 0.641. The van der Waals surface area contributed by atoms with Crippen LogP contribution in [-0.4, -0.2) is 68.5 Å². The molecule has 1 N–H and O–H groups in total. The number of amides is 2. The Morgan fingerprint density at radius 3 is 2.30 bits per heavy atom. The van der Waals surface area contributed by atoms with Crippen molar-refractivity contribution >= 4 is 15.9 Å². The van der Waals surface area contributed by atoms with Crippen LogP contribution in [0.3, 0.4) is 0 Å². The topological polar surface area (TPSA) is 69.7 Å². The number of urea groups is 1. The van der Waals surface area contributed by atoms with Gasteiger partial charge in [-0.15, -0.1) is 0 Å². The molecule has 2 saturated carbocycles. The van der Waals surface area contributed by atoms with E-state index in [2.05, 4.69) is 34.5 Å². The number of benzene rings is 1. The van der Waals surface area contributed by atoms with Gasteiger partial charge in [0.1, 0.15) is 9.84 Å². The first-order chi connectivity index (χ1) is 14.3. The normalized spacial score (nSPS) is 30.1. The summed E-state index contributed by atoms with van der Waals surface area (Å²) in [6.07, 6.45) is 8.74. The minimum atomic E-state index is -3.09. The van der Waals surface area contributed by atoms with E-state index in [4.69, 9.17) is 0 Å². The van der Waals surface area contributed by atoms with Gasteiger partial charge in [-0.3, -0.25) is 0 Å². The summed E-state index contributed by atoms with van der Waals surface area (Å²) < 4.78 is 23.4. The molecule has 1 spiro atoms. The van der Waals surface area contributed by atoms with Crippen LogP contribution < -0.4 is 5.32 Å². The Hall–Kier alpha value is -1.60. The van der Waals surface area contributed by atoms with Gasteiger partial charge in [0.2, 0.25) is 0 Å². The van der Waals surface area contributed by atoms with E-state index in [-0.39, 0.29) is 22.9 Å². The van der Waals surface area contributed by atoms with E-state index in [1.54, 1.807) is 4.90 Å². The van der Waals surface area contributed by atoms with Crippen molar-refractivity contribution in [2.24, 2.45) is 5.92 Å². The van der Waals surface area contributed by atoms with Gasteiger partial charge in [-0.1, -0.05) is 36.8 Å². The van der Waals surface area contributed by atoms with Crippen LogP contribution in [-0.2, 0) is 15.4 Å². The molecule has 3 aliphatic rings. The standard InChI is InChI=1S/C23H35N3O3S/c1-24-23(20-9-4-3-5-10-20)13-11-22(12-14-23)18-25(15-16-30(2,28)29)21(27)26(22)17-19-7-6-8-19/h3-5,9-10,19,24H,6-8,11-18H2,1-2H3/t22-,23+. The molecule has 4 rings (SSSR count). The van der Waals surface area contributed by atoms with E-state index in [0.717, 1.165) is 32.2 Å². The third kappa shape index (κ3) is 4.11. The van der Waals surface area contributed by atoms with Gasteiger partial charge in [0, 0.05) is 31.4 Å². The molecule has 1 saturated heterocycles. The van der Waals surface area contributed by atoms with Crippen molar-refractivity contribution in [3.63, 3.8) is 0 Å². The number of nitrogens with one attached hydrogen (secondary N) is 1. The van der Waals surface area contributed by atoms with Crippen LogP contribution in [0.1, 0.15) is 50.5 Å². The second kappa shape index (κ2) is 8.15. The largest absolute Gasteiger partial charge is 0.321 e. The van der Waals surface area contributed by atoms with Crippen molar-refractivity contribution in [2.45, 2.75) is 56.0 Å². The van der Waals surface area contributed by atoms with E-state index < -0.39 is 9.84 Å². The van der Waals surface area contributed by atoms with Crippen molar-refractivity contribution in [3.05, 3.63) is 35.9 Å². The zero-order valence-electron chi connectivity index (χ0n) is 18.3. The second-order valence-corrected chi connectivity index (χ2v) is 11.9. The van der Waals surface area contributed by atoms with Gasteiger partial charge in [0.05, 0.1) is 11.3 Å². The van der Waals surface area contributed by atoms with Gasteiger partial charge in [0.25, 0.3) is 0 Å². The van der Waals surface area contributed by atoms with E-state index in [0.29, 0.717) is 19.0 Å². The van der Waals surface area contributed by atoms with Crippen LogP contribution in [0.15, 0.2) is 30.3 Å². The maximum atomic E-state index is 13.3. The van der Waals surface area contributed by atoms with E-state index in [1.165, 1.54) is 31.1 Å². The third-order valence-electron chi connectivity index (χ3n) is 7.80. The monoisotopic (exact) mass is 433 g/mol. The Morgan fingerprint density at radius 1 is 1.10 bits per heavy atom. The highest BCUT2D eigenvalue weighted by molar-refractivity contribution is 7.90. The van der Waals surface area contributed by atoms with Crippen LogP contribution in [0.4, 0.5) is 4.79 Å². The SMILES string of the molecule is CN[C@]1(c2ccccc2)CC[C@]2(CC1)CN(CCS(C)(=O)=O)C(=O)N2CC1CCC1. The van der Waals surface area contributed by atoms with E-state index in [9.17, 15) is 13.2 Å². The Balaban J connectivity index is 1.54. The summed E-state index contributed by atoms with van der Waals surface area (Å²) in [6.45, 7) is 1.78. The van der Waals surface area contributed by atoms with Gasteiger partial charge in [-0.2, -0.15) is 0 Å². The molecular weight excluding hydrogens is 398 g/mol. The minimum absolute atomic E-state index is 0.0383. The fourth-order valence-corrected chi connectivity index (χ4v) is 6.10. The number of sulfone groups is 1. The summed E-state index contributed by atoms with van der Waals surface area (Å²) in [5.41, 5.74) is 1.09. The zero-order valence-corrected chi connectivity index (χ0v) is 19.1. The van der Waals surface area contributed by atoms with Crippen molar-refractivity contribution in [1.29, 1.82) is 0 Å². The summed E-state index contributed by atoms with van der Waals surface area (Å²) in [5, 5.41) is 3.59. The first-order valence-electron chi connectivity index (χ1n) is 11.3. The number of nitrogens with zero attached hydrogens (tertiary/aromatic N) is 2. The molecule has 2 aliphatic carbocycles. The number of carbonyl (C=O) groups excluding carboxylic acids is 1. The molecular formula is C23H35N3O3S. The van der Waals surface area contributed by atoms with Crippen LogP contribution in [0.5, 0.6) is 0 Å². The summed E-state index contributed by atoms with van der Waals surface area (Å²) in [6, 6.07) is 10.7. The molecule has 1 heterocycles. The van der Waals surface area contributed by atoms with Gasteiger partial charge in [-0.05, 0) is 57.1 Å². The number of rotatable bonds is 7. The first-order valence-corrected chi connectivity index (χ1v) is 13.3. The van der Waals surface area contributed by atoms with E-state index >= 15 is 0 Å². The van der Waals surface area contributed by atoms with E-state index in [1.807, 2.05) is 13.1 Å². The number of hydrogen-bond donors (Lipinski definition) is 1. The molecule has 1 aromatic rings. The molecule has 3 fully saturated rings. The number of hydrogen-bond acceptors (Lipinski definition) is 4. The lowest BCUT2D eigenvalue weighted by atomic mass is 9.68. The quantitative estimate of drug-likeness (QED) is 0.718. The Kier molecular flexibility index (Phi) is 5.88. The smallest absolute Gasteiger partial charge is 0.320 e. The van der Waals surface area contributed by atoms with Crippen LogP contribution in [0.25, 0.3) is 0 Å². The van der Waals surface area contributed by atoms with Gasteiger partial charge < -0.3 is 15.1 Å². The highest BCUT2D eigenvalue weighted by Gasteiger charge is 2.54. The second-order valence-electron chi connectivity index (χ2n) is 9.66. The van der Waals surface area contributed by atoms with Gasteiger partial charge in [-0.25, -0.2) is 13.2 Å². The van der Waals surface area contributed by atoms with Crippen LogP contribution in [0.2, 0.25) is 0 Å². The fourth-order valence-electron chi connectivity index (χ4n) is 5.55. The molecule has 2 amide bonds. The molecule has 6 nitrogen and oxygen atoms in total. The fraction of sp³-hybridized carbons (Fsp3) is 0.696. The molecule has 0 atom stereocenters. The molecule has 1 aromatic carbocycles. The molecule has 166 valence electrons. The summed E-state index contributed by atoms with van der Waals surface area (Å²) in [7, 11) is -1.06. The lowest BCUT2D eigenvalue weighted by Crippen LogP contribution is -2.56. The Morgan fingerprint density at radius 2 is 1.77 bits per heavy atom. The molecule has 0 unspecified atom stereocenters. The predicted octanol–water partition coefficient (Wildman–Crippen LogP) is 3.00. The summed E-state index contributed by atoms with van der Waals surface area (Å²) >= 11 is 0. The van der Waals surface area contributed by atoms with Gasteiger partial charge >= 0.3 is 6.03 Å². The minimum Gasteiger partial charge on any atom is -0.321 e. The molecule has 0 radical (unpaired) electrons.